The Morgan fingerprint density at radius 3 is 2.76 bits per heavy atom. The molecule has 0 spiro atoms. The lowest BCUT2D eigenvalue weighted by atomic mass is 10.2. The van der Waals surface area contributed by atoms with Gasteiger partial charge in [0, 0.05) is 24.9 Å². The van der Waals surface area contributed by atoms with Gasteiger partial charge in [-0.2, -0.15) is 0 Å². The number of anilines is 1. The van der Waals surface area contributed by atoms with Gasteiger partial charge in [-0.1, -0.05) is 6.07 Å². The van der Waals surface area contributed by atoms with Crippen LogP contribution in [-0.2, 0) is 4.79 Å². The zero-order chi connectivity index (χ0) is 12.8. The predicted octanol–water partition coefficient (Wildman–Crippen LogP) is 2.68. The van der Waals surface area contributed by atoms with Crippen molar-refractivity contribution in [1.29, 1.82) is 0 Å². The SMILES string of the molecule is CCN(C/C(C)=C/C(=O)O)c1cccc(F)c1. The molecule has 1 rings (SSSR count). The molecule has 0 fully saturated rings. The lowest BCUT2D eigenvalue weighted by Crippen LogP contribution is -2.25. The van der Waals surface area contributed by atoms with E-state index in [-0.39, 0.29) is 5.82 Å². The first kappa shape index (κ1) is 13.2. The van der Waals surface area contributed by atoms with Crippen molar-refractivity contribution in [2.24, 2.45) is 0 Å². The third-order valence-corrected chi connectivity index (χ3v) is 2.37. The standard InChI is InChI=1S/C13H16FNO2/c1-3-15(9-10(2)7-13(16)17)12-6-4-5-11(14)8-12/h4-8H,3,9H2,1-2H3,(H,16,17)/b10-7+. The summed E-state index contributed by atoms with van der Waals surface area (Å²) >= 11 is 0. The fraction of sp³-hybridized carbons (Fsp3) is 0.308. The Morgan fingerprint density at radius 2 is 2.24 bits per heavy atom. The third-order valence-electron chi connectivity index (χ3n) is 2.37. The summed E-state index contributed by atoms with van der Waals surface area (Å²) in [6.45, 7) is 4.86. The van der Waals surface area contributed by atoms with Crippen molar-refractivity contribution in [1.82, 2.24) is 0 Å². The maximum Gasteiger partial charge on any atom is 0.328 e. The molecule has 0 saturated heterocycles. The Hall–Kier alpha value is -1.84. The molecule has 0 bridgehead atoms. The van der Waals surface area contributed by atoms with Crippen LogP contribution < -0.4 is 4.90 Å². The first-order chi connectivity index (χ1) is 8.02. The maximum atomic E-state index is 13.1. The minimum absolute atomic E-state index is 0.291. The van der Waals surface area contributed by atoms with E-state index in [1.807, 2.05) is 11.8 Å². The summed E-state index contributed by atoms with van der Waals surface area (Å²) in [7, 11) is 0. The number of rotatable bonds is 5. The van der Waals surface area contributed by atoms with Crippen LogP contribution in [0.25, 0.3) is 0 Å². The van der Waals surface area contributed by atoms with Crippen LogP contribution in [0.4, 0.5) is 10.1 Å². The Kier molecular flexibility index (Phi) is 4.69. The summed E-state index contributed by atoms with van der Waals surface area (Å²) in [5.41, 5.74) is 1.48. The van der Waals surface area contributed by atoms with E-state index in [9.17, 15) is 9.18 Å². The van der Waals surface area contributed by atoms with Crippen LogP contribution in [0.15, 0.2) is 35.9 Å². The molecule has 4 heteroatoms. The van der Waals surface area contributed by atoms with Crippen molar-refractivity contribution < 1.29 is 14.3 Å². The van der Waals surface area contributed by atoms with Gasteiger partial charge < -0.3 is 10.0 Å². The second-order valence-electron chi connectivity index (χ2n) is 3.82. The molecule has 0 aromatic heterocycles. The molecule has 3 nitrogen and oxygen atoms in total. The first-order valence-electron chi connectivity index (χ1n) is 5.43. The van der Waals surface area contributed by atoms with E-state index in [0.29, 0.717) is 13.1 Å². The number of carbonyl (C=O) groups is 1. The Bertz CT molecular complexity index is 429. The highest BCUT2D eigenvalue weighted by molar-refractivity contribution is 5.80. The van der Waals surface area contributed by atoms with Crippen LogP contribution in [0.3, 0.4) is 0 Å². The smallest absolute Gasteiger partial charge is 0.328 e. The summed E-state index contributed by atoms with van der Waals surface area (Å²) in [5.74, 6) is -1.25. The molecule has 0 aliphatic carbocycles. The van der Waals surface area contributed by atoms with E-state index in [0.717, 1.165) is 11.3 Å². The topological polar surface area (TPSA) is 40.5 Å². The highest BCUT2D eigenvalue weighted by Gasteiger charge is 2.06. The molecular formula is C13H16FNO2. The molecule has 0 amide bonds. The molecule has 1 aromatic rings. The van der Waals surface area contributed by atoms with Crippen molar-refractivity contribution in [3.8, 4) is 0 Å². The summed E-state index contributed by atoms with van der Waals surface area (Å²) < 4.78 is 13.1. The summed E-state index contributed by atoms with van der Waals surface area (Å²) in [6, 6.07) is 6.28. The quantitative estimate of drug-likeness (QED) is 0.800. The van der Waals surface area contributed by atoms with Crippen molar-refractivity contribution in [3.63, 3.8) is 0 Å². The molecule has 0 aliphatic rings. The molecule has 0 heterocycles. The zero-order valence-electron chi connectivity index (χ0n) is 9.98. The van der Waals surface area contributed by atoms with Gasteiger partial charge in [0.2, 0.25) is 0 Å². The molecule has 0 saturated carbocycles. The van der Waals surface area contributed by atoms with Gasteiger partial charge >= 0.3 is 5.97 Å². The molecular weight excluding hydrogens is 221 g/mol. The van der Waals surface area contributed by atoms with Crippen molar-refractivity contribution in [3.05, 3.63) is 41.7 Å². The highest BCUT2D eigenvalue weighted by Crippen LogP contribution is 2.16. The average molecular weight is 237 g/mol. The zero-order valence-corrected chi connectivity index (χ0v) is 9.98. The van der Waals surface area contributed by atoms with Crippen molar-refractivity contribution in [2.75, 3.05) is 18.0 Å². The molecule has 17 heavy (non-hydrogen) atoms. The number of likely N-dealkylation sites (N-methyl/N-ethyl adjacent to an activating group) is 1. The van der Waals surface area contributed by atoms with Gasteiger partial charge in [-0.15, -0.1) is 0 Å². The normalized spacial score (nSPS) is 11.4. The highest BCUT2D eigenvalue weighted by atomic mass is 19.1. The van der Waals surface area contributed by atoms with Crippen LogP contribution in [-0.4, -0.2) is 24.2 Å². The minimum Gasteiger partial charge on any atom is -0.478 e. The molecule has 92 valence electrons. The van der Waals surface area contributed by atoms with Crippen LogP contribution in [0, 0.1) is 5.82 Å². The first-order valence-corrected chi connectivity index (χ1v) is 5.43. The van der Waals surface area contributed by atoms with E-state index >= 15 is 0 Å². The number of hydrogen-bond acceptors (Lipinski definition) is 2. The molecule has 0 atom stereocenters. The van der Waals surface area contributed by atoms with Crippen molar-refractivity contribution in [2.45, 2.75) is 13.8 Å². The van der Waals surface area contributed by atoms with Crippen LogP contribution >= 0.6 is 0 Å². The van der Waals surface area contributed by atoms with Gasteiger partial charge in [0.15, 0.2) is 0 Å². The van der Waals surface area contributed by atoms with Gasteiger partial charge in [-0.3, -0.25) is 0 Å². The maximum absolute atomic E-state index is 13.1. The van der Waals surface area contributed by atoms with Crippen LogP contribution in [0.2, 0.25) is 0 Å². The number of benzene rings is 1. The Labute approximate surface area is 100 Å². The number of halogens is 1. The molecule has 1 N–H and O–H groups in total. The summed E-state index contributed by atoms with van der Waals surface area (Å²) in [4.78, 5) is 12.4. The molecule has 0 aliphatic heterocycles. The molecule has 1 aromatic carbocycles. The van der Waals surface area contributed by atoms with Gasteiger partial charge in [-0.25, -0.2) is 9.18 Å². The second-order valence-corrected chi connectivity index (χ2v) is 3.82. The average Bonchev–Trinajstić information content (AvgIpc) is 2.24. The lowest BCUT2D eigenvalue weighted by molar-refractivity contribution is -0.131. The minimum atomic E-state index is -0.960. The Balaban J connectivity index is 2.82. The summed E-state index contributed by atoms with van der Waals surface area (Å²) in [5, 5.41) is 8.63. The largest absolute Gasteiger partial charge is 0.478 e. The summed E-state index contributed by atoms with van der Waals surface area (Å²) in [6.07, 6.45) is 1.17. The van der Waals surface area contributed by atoms with E-state index in [1.54, 1.807) is 19.1 Å². The second kappa shape index (κ2) is 6.03. The number of aliphatic carboxylic acids is 1. The fourth-order valence-corrected chi connectivity index (χ4v) is 1.62. The van der Waals surface area contributed by atoms with Crippen LogP contribution in [0.5, 0.6) is 0 Å². The number of carboxylic acid groups (broad SMARTS) is 1. The van der Waals surface area contributed by atoms with E-state index in [2.05, 4.69) is 0 Å². The van der Waals surface area contributed by atoms with Gasteiger partial charge in [-0.05, 0) is 37.6 Å². The number of hydrogen-bond donors (Lipinski definition) is 1. The monoisotopic (exact) mass is 237 g/mol. The molecule has 0 radical (unpaired) electrons. The number of nitrogens with zero attached hydrogens (tertiary/aromatic N) is 1. The van der Waals surface area contributed by atoms with Gasteiger partial charge in [0.25, 0.3) is 0 Å². The lowest BCUT2D eigenvalue weighted by Gasteiger charge is -2.23. The van der Waals surface area contributed by atoms with Gasteiger partial charge in [0.05, 0.1) is 0 Å². The van der Waals surface area contributed by atoms with E-state index < -0.39 is 5.97 Å². The third kappa shape index (κ3) is 4.26. The van der Waals surface area contributed by atoms with Crippen LogP contribution in [0.1, 0.15) is 13.8 Å². The van der Waals surface area contributed by atoms with Gasteiger partial charge in [0.1, 0.15) is 5.82 Å². The number of carboxylic acids is 1. The molecule has 0 unspecified atom stereocenters. The predicted molar refractivity (Wildman–Crippen MR) is 65.7 cm³/mol. The van der Waals surface area contributed by atoms with E-state index in [4.69, 9.17) is 5.11 Å². The van der Waals surface area contributed by atoms with E-state index in [1.165, 1.54) is 18.2 Å². The Morgan fingerprint density at radius 1 is 1.53 bits per heavy atom. The van der Waals surface area contributed by atoms with Crippen molar-refractivity contribution >= 4 is 11.7 Å². The fourth-order valence-electron chi connectivity index (χ4n) is 1.62.